The molecular formula is C20H17F2N3O2S. The van der Waals surface area contributed by atoms with Crippen LogP contribution in [-0.2, 0) is 11.3 Å². The molecule has 2 aromatic rings. The standard InChI is InChI=1S/C20H17F2N3O2S/c1-2-8-25-19(27)17(11-13-15(21)6-5-7-16(13)22)28-20(25)14(12-23)18(26)24-9-3-4-10-24/h2,5-7,11H,1,3-4,8-10H2/b17-11-,20-14-. The lowest BCUT2D eigenvalue weighted by Crippen LogP contribution is -2.35. The minimum Gasteiger partial charge on any atom is -0.338 e. The zero-order chi connectivity index (χ0) is 20.3. The molecule has 0 unspecified atom stereocenters. The molecule has 0 spiro atoms. The van der Waals surface area contributed by atoms with Crippen LogP contribution in [0.15, 0.2) is 35.6 Å². The van der Waals surface area contributed by atoms with E-state index in [1.54, 1.807) is 4.90 Å². The van der Waals surface area contributed by atoms with Crippen molar-refractivity contribution >= 4 is 28.9 Å². The van der Waals surface area contributed by atoms with Gasteiger partial charge in [0.1, 0.15) is 22.4 Å². The van der Waals surface area contributed by atoms with Crippen molar-refractivity contribution in [3.63, 3.8) is 0 Å². The summed E-state index contributed by atoms with van der Waals surface area (Å²) in [6.45, 7) is 4.77. The Morgan fingerprint density at radius 1 is 1.29 bits per heavy atom. The number of aromatic nitrogens is 1. The normalized spacial score (nSPS) is 15.5. The molecule has 1 aliphatic rings. The topological polar surface area (TPSA) is 66.1 Å². The van der Waals surface area contributed by atoms with Gasteiger partial charge in [-0.3, -0.25) is 14.2 Å². The third kappa shape index (κ3) is 3.66. The Balaban J connectivity index is 2.28. The number of allylic oxidation sites excluding steroid dienone is 1. The molecule has 5 nitrogen and oxygen atoms in total. The van der Waals surface area contributed by atoms with Gasteiger partial charge in [-0.15, -0.1) is 17.9 Å². The number of benzene rings is 1. The second kappa shape index (κ2) is 8.31. The number of nitriles is 1. The summed E-state index contributed by atoms with van der Waals surface area (Å²) in [7, 11) is 0. The number of nitrogens with zero attached hydrogens (tertiary/aromatic N) is 3. The van der Waals surface area contributed by atoms with E-state index in [4.69, 9.17) is 0 Å². The van der Waals surface area contributed by atoms with Gasteiger partial charge in [-0.25, -0.2) is 8.78 Å². The molecule has 144 valence electrons. The number of likely N-dealkylation sites (tertiary alicyclic amines) is 1. The first-order valence-corrected chi connectivity index (χ1v) is 9.49. The Hall–Kier alpha value is -3.05. The molecule has 0 saturated carbocycles. The van der Waals surface area contributed by atoms with E-state index >= 15 is 0 Å². The third-order valence-corrected chi connectivity index (χ3v) is 5.56. The van der Waals surface area contributed by atoms with Crippen molar-refractivity contribution < 1.29 is 13.6 Å². The summed E-state index contributed by atoms with van der Waals surface area (Å²) < 4.78 is 29.4. The number of hydrogen-bond donors (Lipinski definition) is 0. The zero-order valence-electron chi connectivity index (χ0n) is 15.0. The van der Waals surface area contributed by atoms with Gasteiger partial charge in [-0.1, -0.05) is 12.1 Å². The predicted octanol–water partition coefficient (Wildman–Crippen LogP) is 1.50. The lowest BCUT2D eigenvalue weighted by Gasteiger charge is -2.13. The molecule has 1 fully saturated rings. The Morgan fingerprint density at radius 2 is 1.93 bits per heavy atom. The molecule has 0 bridgehead atoms. The Bertz CT molecular complexity index is 1130. The highest BCUT2D eigenvalue weighted by molar-refractivity contribution is 7.07. The van der Waals surface area contributed by atoms with Crippen LogP contribution in [0, 0.1) is 23.0 Å². The average molecular weight is 401 g/mol. The lowest BCUT2D eigenvalue weighted by molar-refractivity contribution is -0.123. The monoisotopic (exact) mass is 401 g/mol. The van der Waals surface area contributed by atoms with Crippen LogP contribution < -0.4 is 14.8 Å². The van der Waals surface area contributed by atoms with Crippen molar-refractivity contribution in [1.29, 1.82) is 5.26 Å². The summed E-state index contributed by atoms with van der Waals surface area (Å²) in [5.74, 6) is -2.05. The van der Waals surface area contributed by atoms with Crippen LogP contribution in [0.1, 0.15) is 18.4 Å². The van der Waals surface area contributed by atoms with E-state index in [0.717, 1.165) is 42.4 Å². The Labute approximate surface area is 163 Å². The quantitative estimate of drug-likeness (QED) is 0.730. The van der Waals surface area contributed by atoms with Crippen molar-refractivity contribution in [3.05, 3.63) is 67.6 Å². The van der Waals surface area contributed by atoms with Gasteiger partial charge in [0.2, 0.25) is 0 Å². The minimum absolute atomic E-state index is 0.0304. The summed E-state index contributed by atoms with van der Waals surface area (Å²) in [6, 6.07) is 5.32. The molecular weight excluding hydrogens is 384 g/mol. The van der Waals surface area contributed by atoms with Gasteiger partial charge in [0.15, 0.2) is 5.57 Å². The molecule has 1 amide bonds. The van der Waals surface area contributed by atoms with Crippen molar-refractivity contribution in [2.75, 3.05) is 13.1 Å². The average Bonchev–Trinajstić information content (AvgIpc) is 3.30. The van der Waals surface area contributed by atoms with Crippen LogP contribution in [-0.4, -0.2) is 28.5 Å². The van der Waals surface area contributed by atoms with E-state index in [2.05, 4.69) is 6.58 Å². The maximum Gasteiger partial charge on any atom is 0.269 e. The van der Waals surface area contributed by atoms with Crippen LogP contribution in [0.4, 0.5) is 8.78 Å². The van der Waals surface area contributed by atoms with E-state index < -0.39 is 23.1 Å². The molecule has 2 heterocycles. The second-order valence-corrected chi connectivity index (χ2v) is 7.27. The highest BCUT2D eigenvalue weighted by atomic mass is 32.1. The summed E-state index contributed by atoms with van der Waals surface area (Å²) in [4.78, 5) is 27.1. The predicted molar refractivity (Wildman–Crippen MR) is 103 cm³/mol. The van der Waals surface area contributed by atoms with Crippen LogP contribution in [0.3, 0.4) is 0 Å². The van der Waals surface area contributed by atoms with Crippen LogP contribution >= 0.6 is 11.3 Å². The van der Waals surface area contributed by atoms with Crippen LogP contribution in [0.5, 0.6) is 0 Å². The molecule has 1 aromatic heterocycles. The first kappa shape index (κ1) is 19.7. The van der Waals surface area contributed by atoms with Gasteiger partial charge in [-0.05, 0) is 31.1 Å². The molecule has 3 rings (SSSR count). The molecule has 8 heteroatoms. The fourth-order valence-electron chi connectivity index (χ4n) is 3.05. The number of rotatable bonds is 4. The summed E-state index contributed by atoms with van der Waals surface area (Å²) in [5.41, 5.74) is -1.04. The second-order valence-electron chi connectivity index (χ2n) is 6.24. The van der Waals surface area contributed by atoms with E-state index in [1.165, 1.54) is 16.7 Å². The van der Waals surface area contributed by atoms with Gasteiger partial charge in [0.05, 0.1) is 4.53 Å². The van der Waals surface area contributed by atoms with E-state index in [0.29, 0.717) is 13.1 Å². The number of hydrogen-bond acceptors (Lipinski definition) is 4. The maximum atomic E-state index is 14.0. The van der Waals surface area contributed by atoms with E-state index in [9.17, 15) is 23.6 Å². The number of carbonyl (C=O) groups is 1. The molecule has 1 aliphatic heterocycles. The SMILES string of the molecule is C=CCn1c(=O)/c(=C/c2c(F)cccc2F)s/c1=C(/C#N)C(=O)N1CCCC1. The molecule has 0 radical (unpaired) electrons. The third-order valence-electron chi connectivity index (χ3n) is 4.43. The minimum atomic E-state index is -0.803. The van der Waals surface area contributed by atoms with Gasteiger partial charge in [-0.2, -0.15) is 5.26 Å². The van der Waals surface area contributed by atoms with Gasteiger partial charge >= 0.3 is 0 Å². The molecule has 1 saturated heterocycles. The number of carbonyl (C=O) groups excluding carboxylic acids is 1. The number of thiazole rings is 1. The fraction of sp³-hybridized carbons (Fsp3) is 0.250. The first-order valence-electron chi connectivity index (χ1n) is 8.68. The van der Waals surface area contributed by atoms with Gasteiger partial charge in [0, 0.05) is 25.2 Å². The Kier molecular flexibility index (Phi) is 5.85. The maximum absolute atomic E-state index is 14.0. The molecule has 0 atom stereocenters. The molecule has 0 aliphatic carbocycles. The van der Waals surface area contributed by atoms with Crippen molar-refractivity contribution in [3.8, 4) is 6.07 Å². The van der Waals surface area contributed by atoms with Crippen molar-refractivity contribution in [2.24, 2.45) is 0 Å². The number of amides is 1. The smallest absolute Gasteiger partial charge is 0.269 e. The molecule has 1 aromatic carbocycles. The van der Waals surface area contributed by atoms with E-state index in [1.807, 2.05) is 6.07 Å². The Morgan fingerprint density at radius 3 is 2.50 bits per heavy atom. The molecule has 0 N–H and O–H groups in total. The molecule has 28 heavy (non-hydrogen) atoms. The fourth-order valence-corrected chi connectivity index (χ4v) is 4.13. The first-order chi connectivity index (χ1) is 13.5. The van der Waals surface area contributed by atoms with Crippen LogP contribution in [0.25, 0.3) is 11.6 Å². The summed E-state index contributed by atoms with van der Waals surface area (Å²) in [5, 5.41) is 9.58. The largest absolute Gasteiger partial charge is 0.338 e. The van der Waals surface area contributed by atoms with Gasteiger partial charge in [0.25, 0.3) is 11.5 Å². The van der Waals surface area contributed by atoms with Crippen molar-refractivity contribution in [1.82, 2.24) is 9.47 Å². The highest BCUT2D eigenvalue weighted by Crippen LogP contribution is 2.13. The number of halogens is 2. The zero-order valence-corrected chi connectivity index (χ0v) is 15.8. The van der Waals surface area contributed by atoms with E-state index in [-0.39, 0.29) is 26.9 Å². The summed E-state index contributed by atoms with van der Waals surface area (Å²) >= 11 is 0.865. The lowest BCUT2D eigenvalue weighted by atomic mass is 10.2. The van der Waals surface area contributed by atoms with Crippen LogP contribution in [0.2, 0.25) is 0 Å². The summed E-state index contributed by atoms with van der Waals surface area (Å²) in [6.07, 6.45) is 4.29. The highest BCUT2D eigenvalue weighted by Gasteiger charge is 2.24. The van der Waals surface area contributed by atoms with Crippen molar-refractivity contribution in [2.45, 2.75) is 19.4 Å². The van der Waals surface area contributed by atoms with Gasteiger partial charge < -0.3 is 4.90 Å².